The molecular weight excluding hydrogens is 328 g/mol. The van der Waals surface area contributed by atoms with Gasteiger partial charge in [0.05, 0.1) is 12.3 Å². The fourth-order valence-corrected chi connectivity index (χ4v) is 2.76. The number of ether oxygens (including phenoxy) is 2. The largest absolute Gasteiger partial charge is 0.462 e. The van der Waals surface area contributed by atoms with Gasteiger partial charge >= 0.3 is 12.1 Å². The first-order valence-electron chi connectivity index (χ1n) is 7.53. The predicted molar refractivity (Wildman–Crippen MR) is 93.4 cm³/mol. The Balaban J connectivity index is 2.31. The number of hydrogen-bond acceptors (Lipinski definition) is 6. The zero-order chi connectivity index (χ0) is 17.7. The molecule has 0 fully saturated rings. The molecule has 7 heteroatoms. The van der Waals surface area contributed by atoms with Gasteiger partial charge in [-0.2, -0.15) is 0 Å². The van der Waals surface area contributed by atoms with E-state index < -0.39 is 17.7 Å². The van der Waals surface area contributed by atoms with Gasteiger partial charge in [0.15, 0.2) is 5.13 Å². The number of thiazole rings is 1. The summed E-state index contributed by atoms with van der Waals surface area (Å²) in [4.78, 5) is 28.8. The number of carbonyl (C=O) groups is 2. The monoisotopic (exact) mass is 348 g/mol. The first kappa shape index (κ1) is 17.9. The molecule has 0 aliphatic heterocycles. The van der Waals surface area contributed by atoms with Gasteiger partial charge in [0.1, 0.15) is 10.5 Å². The number of esters is 1. The van der Waals surface area contributed by atoms with Crippen molar-refractivity contribution in [2.45, 2.75) is 33.3 Å². The van der Waals surface area contributed by atoms with E-state index in [0.29, 0.717) is 10.6 Å². The average molecular weight is 348 g/mol. The Bertz CT molecular complexity index is 720. The summed E-state index contributed by atoms with van der Waals surface area (Å²) in [6, 6.07) is 9.26. The van der Waals surface area contributed by atoms with E-state index in [0.717, 1.165) is 16.9 Å². The van der Waals surface area contributed by atoms with E-state index in [2.05, 4.69) is 10.3 Å². The van der Waals surface area contributed by atoms with Crippen LogP contribution in [0.2, 0.25) is 0 Å². The highest BCUT2D eigenvalue weighted by molar-refractivity contribution is 7.18. The second kappa shape index (κ2) is 7.44. The first-order chi connectivity index (χ1) is 11.3. The lowest BCUT2D eigenvalue weighted by Gasteiger charge is -2.18. The second-order valence-electron chi connectivity index (χ2n) is 5.91. The highest BCUT2D eigenvalue weighted by Crippen LogP contribution is 2.32. The van der Waals surface area contributed by atoms with Crippen molar-refractivity contribution < 1.29 is 19.1 Å². The SMILES string of the molecule is CCOC(=O)c1sc(NC(=O)OC(C)(C)C)nc1-c1ccccc1. The molecule has 0 spiro atoms. The maximum Gasteiger partial charge on any atom is 0.413 e. The summed E-state index contributed by atoms with van der Waals surface area (Å²) in [5, 5.41) is 2.85. The van der Waals surface area contributed by atoms with Crippen LogP contribution in [-0.4, -0.2) is 29.3 Å². The van der Waals surface area contributed by atoms with E-state index in [1.165, 1.54) is 0 Å². The van der Waals surface area contributed by atoms with Gasteiger partial charge in [-0.3, -0.25) is 5.32 Å². The van der Waals surface area contributed by atoms with Crippen LogP contribution in [0.1, 0.15) is 37.4 Å². The minimum atomic E-state index is -0.619. The Kier molecular flexibility index (Phi) is 5.56. The maximum atomic E-state index is 12.2. The van der Waals surface area contributed by atoms with Crippen molar-refractivity contribution in [3.8, 4) is 11.3 Å². The number of rotatable bonds is 4. The molecule has 0 saturated carbocycles. The number of amides is 1. The predicted octanol–water partition coefficient (Wildman–Crippen LogP) is 4.33. The minimum Gasteiger partial charge on any atom is -0.462 e. The van der Waals surface area contributed by atoms with Crippen LogP contribution in [0.25, 0.3) is 11.3 Å². The Morgan fingerprint density at radius 1 is 1.21 bits per heavy atom. The molecule has 1 N–H and O–H groups in total. The number of carbonyl (C=O) groups excluding carboxylic acids is 2. The fourth-order valence-electron chi connectivity index (χ4n) is 1.89. The summed E-state index contributed by atoms with van der Waals surface area (Å²) in [6.45, 7) is 7.32. The van der Waals surface area contributed by atoms with Gasteiger partial charge in [-0.1, -0.05) is 41.7 Å². The Morgan fingerprint density at radius 3 is 2.46 bits per heavy atom. The molecule has 2 aromatic rings. The van der Waals surface area contributed by atoms with E-state index in [4.69, 9.17) is 9.47 Å². The summed E-state index contributed by atoms with van der Waals surface area (Å²) in [5.41, 5.74) is 0.632. The number of aromatic nitrogens is 1. The zero-order valence-corrected chi connectivity index (χ0v) is 14.9. The lowest BCUT2D eigenvalue weighted by atomic mass is 10.1. The highest BCUT2D eigenvalue weighted by Gasteiger charge is 2.23. The van der Waals surface area contributed by atoms with E-state index in [1.807, 2.05) is 30.3 Å². The van der Waals surface area contributed by atoms with Gasteiger partial charge in [-0.15, -0.1) is 0 Å². The normalized spacial score (nSPS) is 11.0. The molecule has 1 heterocycles. The summed E-state index contributed by atoms with van der Waals surface area (Å²) >= 11 is 1.06. The molecule has 0 aliphatic rings. The average Bonchev–Trinajstić information content (AvgIpc) is 2.90. The van der Waals surface area contributed by atoms with Crippen molar-refractivity contribution in [3.63, 3.8) is 0 Å². The topological polar surface area (TPSA) is 77.5 Å². The van der Waals surface area contributed by atoms with Crippen LogP contribution in [0.15, 0.2) is 30.3 Å². The van der Waals surface area contributed by atoms with Crippen LogP contribution in [0.4, 0.5) is 9.93 Å². The van der Waals surface area contributed by atoms with Crippen molar-refractivity contribution in [1.29, 1.82) is 0 Å². The minimum absolute atomic E-state index is 0.264. The van der Waals surface area contributed by atoms with Gasteiger partial charge in [0.25, 0.3) is 0 Å². The van der Waals surface area contributed by atoms with Crippen molar-refractivity contribution in [3.05, 3.63) is 35.2 Å². The standard InChI is InChI=1S/C17H20N2O4S/c1-5-22-14(20)13-12(11-9-7-6-8-10-11)18-15(24-13)19-16(21)23-17(2,3)4/h6-10H,5H2,1-4H3,(H,18,19,21). The van der Waals surface area contributed by atoms with Crippen LogP contribution in [0.5, 0.6) is 0 Å². The second-order valence-corrected chi connectivity index (χ2v) is 6.91. The molecule has 6 nitrogen and oxygen atoms in total. The quantitative estimate of drug-likeness (QED) is 0.832. The van der Waals surface area contributed by atoms with Gasteiger partial charge in [-0.05, 0) is 27.7 Å². The molecule has 0 unspecified atom stereocenters. The molecular formula is C17H20N2O4S. The summed E-state index contributed by atoms with van der Waals surface area (Å²) in [6.07, 6.45) is -0.619. The smallest absolute Gasteiger partial charge is 0.413 e. The van der Waals surface area contributed by atoms with E-state index >= 15 is 0 Å². The van der Waals surface area contributed by atoms with Crippen LogP contribution < -0.4 is 5.32 Å². The van der Waals surface area contributed by atoms with Crippen LogP contribution >= 0.6 is 11.3 Å². The van der Waals surface area contributed by atoms with Crippen LogP contribution in [0.3, 0.4) is 0 Å². The van der Waals surface area contributed by atoms with Crippen LogP contribution in [0, 0.1) is 0 Å². The van der Waals surface area contributed by atoms with Crippen molar-refractivity contribution in [1.82, 2.24) is 4.98 Å². The van der Waals surface area contributed by atoms with E-state index in [1.54, 1.807) is 27.7 Å². The van der Waals surface area contributed by atoms with Crippen LogP contribution in [-0.2, 0) is 9.47 Å². The van der Waals surface area contributed by atoms with Gasteiger partial charge in [0.2, 0.25) is 0 Å². The summed E-state index contributed by atoms with van der Waals surface area (Å²) < 4.78 is 10.3. The van der Waals surface area contributed by atoms with Crippen molar-refractivity contribution >= 4 is 28.5 Å². The third-order valence-corrected chi connectivity index (χ3v) is 3.69. The summed E-state index contributed by atoms with van der Waals surface area (Å²) in [5.74, 6) is -0.467. The molecule has 128 valence electrons. The molecule has 0 saturated heterocycles. The molecule has 0 radical (unpaired) electrons. The number of nitrogens with one attached hydrogen (secondary N) is 1. The molecule has 0 atom stereocenters. The number of nitrogens with zero attached hydrogens (tertiary/aromatic N) is 1. The summed E-state index contributed by atoms with van der Waals surface area (Å²) in [7, 11) is 0. The van der Waals surface area contributed by atoms with E-state index in [9.17, 15) is 9.59 Å². The first-order valence-corrected chi connectivity index (χ1v) is 8.35. The Labute approximate surface area is 144 Å². The lowest BCUT2D eigenvalue weighted by Crippen LogP contribution is -2.27. The lowest BCUT2D eigenvalue weighted by molar-refractivity contribution is 0.0531. The molecule has 24 heavy (non-hydrogen) atoms. The Morgan fingerprint density at radius 2 is 1.88 bits per heavy atom. The number of hydrogen-bond donors (Lipinski definition) is 1. The van der Waals surface area contributed by atoms with Crippen molar-refractivity contribution in [2.24, 2.45) is 0 Å². The maximum absolute atomic E-state index is 12.2. The highest BCUT2D eigenvalue weighted by atomic mass is 32.1. The molecule has 2 rings (SSSR count). The van der Waals surface area contributed by atoms with Gasteiger partial charge in [-0.25, -0.2) is 14.6 Å². The Hall–Kier alpha value is -2.41. The van der Waals surface area contributed by atoms with E-state index in [-0.39, 0.29) is 11.7 Å². The van der Waals surface area contributed by atoms with Gasteiger partial charge < -0.3 is 9.47 Å². The number of benzene rings is 1. The molecule has 0 bridgehead atoms. The molecule has 1 aromatic carbocycles. The van der Waals surface area contributed by atoms with Crippen molar-refractivity contribution in [2.75, 3.05) is 11.9 Å². The number of anilines is 1. The van der Waals surface area contributed by atoms with Gasteiger partial charge in [0, 0.05) is 5.56 Å². The molecule has 0 aliphatic carbocycles. The third kappa shape index (κ3) is 4.79. The third-order valence-electron chi connectivity index (χ3n) is 2.74. The zero-order valence-electron chi connectivity index (χ0n) is 14.1. The molecule has 1 amide bonds. The molecule has 1 aromatic heterocycles. The fraction of sp³-hybridized carbons (Fsp3) is 0.353.